The van der Waals surface area contributed by atoms with Crippen LogP contribution in [0.3, 0.4) is 0 Å². The van der Waals surface area contributed by atoms with Gasteiger partial charge in [-0.3, -0.25) is 0 Å². The molecule has 0 saturated carbocycles. The van der Waals surface area contributed by atoms with E-state index in [0.717, 1.165) is 5.56 Å². The summed E-state index contributed by atoms with van der Waals surface area (Å²) in [6.07, 6.45) is 0.656. The van der Waals surface area contributed by atoms with Crippen molar-refractivity contribution < 1.29 is 13.5 Å². The Kier molecular flexibility index (Phi) is 4.91. The first-order chi connectivity index (χ1) is 11.3. The first-order valence-electron chi connectivity index (χ1n) is 7.55. The van der Waals surface area contributed by atoms with E-state index in [2.05, 4.69) is 0 Å². The Morgan fingerprint density at radius 2 is 1.58 bits per heavy atom. The molecule has 0 aliphatic carbocycles. The summed E-state index contributed by atoms with van der Waals surface area (Å²) in [5, 5.41) is 11.8. The van der Waals surface area contributed by atoms with E-state index in [1.54, 1.807) is 36.4 Å². The topological polar surface area (TPSA) is 57.6 Å². The van der Waals surface area contributed by atoms with Crippen LogP contribution in [0.4, 0.5) is 0 Å². The van der Waals surface area contributed by atoms with Gasteiger partial charge in [0, 0.05) is 23.1 Å². The molecule has 4 nitrogen and oxygen atoms in total. The van der Waals surface area contributed by atoms with Crippen molar-refractivity contribution in [2.24, 2.45) is 0 Å². The largest absolute Gasteiger partial charge is 0.385 e. The van der Waals surface area contributed by atoms with Gasteiger partial charge in [0.05, 0.1) is 10.5 Å². The van der Waals surface area contributed by atoms with Gasteiger partial charge in [-0.15, -0.1) is 0 Å². The van der Waals surface area contributed by atoms with Crippen molar-refractivity contribution in [2.45, 2.75) is 23.3 Å². The molecular weight excluding hydrogens is 369 g/mol. The smallest absolute Gasteiger partial charge is 0.243 e. The number of halogens is 2. The minimum Gasteiger partial charge on any atom is -0.385 e. The third-order valence-corrected chi connectivity index (χ3v) is 6.75. The SMILES string of the molecule is O=S(=O)(c1cccc(Cl)c1)N1CCC(O)(c2ccc(Cl)cc2)CC1. The van der Waals surface area contributed by atoms with Gasteiger partial charge >= 0.3 is 0 Å². The summed E-state index contributed by atoms with van der Waals surface area (Å²) in [7, 11) is -3.61. The number of sulfonamides is 1. The van der Waals surface area contributed by atoms with E-state index in [-0.39, 0.29) is 18.0 Å². The molecule has 0 atom stereocenters. The highest BCUT2D eigenvalue weighted by atomic mass is 35.5. The summed E-state index contributed by atoms with van der Waals surface area (Å²) in [5.41, 5.74) is -0.281. The zero-order valence-corrected chi connectivity index (χ0v) is 15.2. The monoisotopic (exact) mass is 385 g/mol. The molecule has 1 aliphatic rings. The Bertz CT molecular complexity index is 829. The zero-order chi connectivity index (χ0) is 17.4. The van der Waals surface area contributed by atoms with E-state index in [0.29, 0.717) is 22.9 Å². The van der Waals surface area contributed by atoms with E-state index in [1.165, 1.54) is 16.4 Å². The second kappa shape index (κ2) is 6.65. The Balaban J connectivity index is 1.78. The van der Waals surface area contributed by atoms with Gasteiger partial charge in [0.15, 0.2) is 0 Å². The molecular formula is C17H17Cl2NO3S. The molecule has 2 aromatic carbocycles. The van der Waals surface area contributed by atoms with Crippen LogP contribution in [0.2, 0.25) is 10.0 Å². The maximum Gasteiger partial charge on any atom is 0.243 e. The molecule has 1 N–H and O–H groups in total. The summed E-state index contributed by atoms with van der Waals surface area (Å²) in [4.78, 5) is 0.173. The standard InChI is InChI=1S/C17H17Cl2NO3S/c18-14-6-4-13(5-7-14)17(21)8-10-20(11-9-17)24(22,23)16-3-1-2-15(19)12-16/h1-7,12,21H,8-11H2. The molecule has 0 aromatic heterocycles. The molecule has 0 amide bonds. The fraction of sp³-hybridized carbons (Fsp3) is 0.294. The zero-order valence-electron chi connectivity index (χ0n) is 12.8. The first kappa shape index (κ1) is 17.7. The lowest BCUT2D eigenvalue weighted by atomic mass is 9.85. The second-order valence-corrected chi connectivity index (χ2v) is 8.71. The van der Waals surface area contributed by atoms with Crippen molar-refractivity contribution in [1.29, 1.82) is 0 Å². The predicted molar refractivity (Wildman–Crippen MR) is 94.8 cm³/mol. The lowest BCUT2D eigenvalue weighted by Gasteiger charge is -2.37. The van der Waals surface area contributed by atoms with Crippen molar-refractivity contribution in [1.82, 2.24) is 4.31 Å². The number of aliphatic hydroxyl groups is 1. The summed E-state index contributed by atoms with van der Waals surface area (Å²) in [5.74, 6) is 0. The van der Waals surface area contributed by atoms with E-state index in [1.807, 2.05) is 0 Å². The Hall–Kier alpha value is -1.11. The molecule has 128 valence electrons. The number of hydrogen-bond acceptors (Lipinski definition) is 3. The number of piperidine rings is 1. The molecule has 1 fully saturated rings. The highest BCUT2D eigenvalue weighted by Crippen LogP contribution is 2.35. The van der Waals surface area contributed by atoms with Crippen LogP contribution in [-0.2, 0) is 15.6 Å². The molecule has 3 rings (SSSR count). The van der Waals surface area contributed by atoms with Crippen molar-refractivity contribution in [3.63, 3.8) is 0 Å². The van der Waals surface area contributed by atoms with Crippen LogP contribution in [0.15, 0.2) is 53.4 Å². The lowest BCUT2D eigenvalue weighted by molar-refractivity contribution is -0.00961. The number of nitrogens with zero attached hydrogens (tertiary/aromatic N) is 1. The van der Waals surface area contributed by atoms with Crippen LogP contribution in [0.1, 0.15) is 18.4 Å². The second-order valence-electron chi connectivity index (χ2n) is 5.90. The molecule has 0 unspecified atom stereocenters. The number of hydrogen-bond donors (Lipinski definition) is 1. The van der Waals surface area contributed by atoms with Crippen LogP contribution in [0, 0.1) is 0 Å². The molecule has 0 bridgehead atoms. The van der Waals surface area contributed by atoms with Gasteiger partial charge in [-0.05, 0) is 48.7 Å². The van der Waals surface area contributed by atoms with Gasteiger partial charge in [0.25, 0.3) is 0 Å². The minimum atomic E-state index is -3.61. The quantitative estimate of drug-likeness (QED) is 0.876. The van der Waals surface area contributed by atoms with Crippen molar-refractivity contribution in [3.8, 4) is 0 Å². The van der Waals surface area contributed by atoms with Crippen LogP contribution < -0.4 is 0 Å². The molecule has 0 spiro atoms. The fourth-order valence-corrected chi connectivity index (χ4v) is 4.79. The van der Waals surface area contributed by atoms with E-state index in [9.17, 15) is 13.5 Å². The molecule has 1 aliphatic heterocycles. The summed E-state index contributed by atoms with van der Waals surface area (Å²) in [6.45, 7) is 0.488. The van der Waals surface area contributed by atoms with Crippen LogP contribution in [-0.4, -0.2) is 30.9 Å². The normalized spacial score (nSPS) is 18.5. The van der Waals surface area contributed by atoms with Crippen LogP contribution in [0.5, 0.6) is 0 Å². The average Bonchev–Trinajstić information content (AvgIpc) is 2.56. The summed E-state index contributed by atoms with van der Waals surface area (Å²) >= 11 is 11.8. The highest BCUT2D eigenvalue weighted by Gasteiger charge is 2.38. The lowest BCUT2D eigenvalue weighted by Crippen LogP contribution is -2.45. The van der Waals surface area contributed by atoms with E-state index < -0.39 is 15.6 Å². The van der Waals surface area contributed by atoms with E-state index >= 15 is 0 Å². The van der Waals surface area contributed by atoms with Gasteiger partial charge in [-0.2, -0.15) is 4.31 Å². The van der Waals surface area contributed by atoms with Gasteiger partial charge in [0.1, 0.15) is 0 Å². The Labute approximate surface area is 151 Å². The molecule has 0 radical (unpaired) electrons. The summed E-state index contributed by atoms with van der Waals surface area (Å²) < 4.78 is 26.8. The molecule has 1 saturated heterocycles. The van der Waals surface area contributed by atoms with Crippen LogP contribution >= 0.6 is 23.2 Å². The van der Waals surface area contributed by atoms with Crippen molar-refractivity contribution in [3.05, 3.63) is 64.1 Å². The predicted octanol–water partition coefficient (Wildman–Crippen LogP) is 3.67. The van der Waals surface area contributed by atoms with Gasteiger partial charge in [-0.1, -0.05) is 41.4 Å². The van der Waals surface area contributed by atoms with Gasteiger partial charge in [0.2, 0.25) is 10.0 Å². The highest BCUT2D eigenvalue weighted by molar-refractivity contribution is 7.89. The fourth-order valence-electron chi connectivity index (χ4n) is 2.92. The average molecular weight is 386 g/mol. The number of rotatable bonds is 3. The molecule has 7 heteroatoms. The van der Waals surface area contributed by atoms with E-state index in [4.69, 9.17) is 23.2 Å². The van der Waals surface area contributed by atoms with Crippen molar-refractivity contribution >= 4 is 33.2 Å². The van der Waals surface area contributed by atoms with Crippen LogP contribution in [0.25, 0.3) is 0 Å². The first-order valence-corrected chi connectivity index (χ1v) is 9.75. The van der Waals surface area contributed by atoms with Gasteiger partial charge < -0.3 is 5.11 Å². The minimum absolute atomic E-state index is 0.173. The van der Waals surface area contributed by atoms with Gasteiger partial charge in [-0.25, -0.2) is 8.42 Å². The molecule has 2 aromatic rings. The third-order valence-electron chi connectivity index (χ3n) is 4.36. The Morgan fingerprint density at radius 3 is 2.17 bits per heavy atom. The summed E-state index contributed by atoms with van der Waals surface area (Å²) in [6, 6.07) is 13.2. The Morgan fingerprint density at radius 1 is 0.958 bits per heavy atom. The number of benzene rings is 2. The maximum absolute atomic E-state index is 12.7. The molecule has 1 heterocycles. The third kappa shape index (κ3) is 3.46. The van der Waals surface area contributed by atoms with Crippen molar-refractivity contribution in [2.75, 3.05) is 13.1 Å². The maximum atomic E-state index is 12.7. The molecule has 24 heavy (non-hydrogen) atoms.